The van der Waals surface area contributed by atoms with Crippen LogP contribution in [0.5, 0.6) is 5.75 Å². The van der Waals surface area contributed by atoms with Crippen LogP contribution in [0.2, 0.25) is 0 Å². The maximum Gasteiger partial charge on any atom is 0.261 e. The van der Waals surface area contributed by atoms with Gasteiger partial charge >= 0.3 is 0 Å². The van der Waals surface area contributed by atoms with E-state index in [2.05, 4.69) is 0 Å². The number of hydrogen-bond acceptors (Lipinski definition) is 3. The third-order valence-electron chi connectivity index (χ3n) is 2.22. The highest BCUT2D eigenvalue weighted by Gasteiger charge is 2.16. The summed E-state index contributed by atoms with van der Waals surface area (Å²) in [7, 11) is 1.57. The molecule has 3 nitrogen and oxygen atoms in total. The number of hydrogen-bond donors (Lipinski definition) is 0. The Balaban J connectivity index is 3.08. The topological polar surface area (TPSA) is 43.4 Å². The van der Waals surface area contributed by atoms with Gasteiger partial charge in [0, 0.05) is 16.2 Å². The van der Waals surface area contributed by atoms with Crippen LogP contribution in [0, 0.1) is 13.8 Å². The Bertz CT molecular complexity index is 579. The summed E-state index contributed by atoms with van der Waals surface area (Å²) in [4.78, 5) is 0.0769. The summed E-state index contributed by atoms with van der Waals surface area (Å²) < 4.78 is 28.0. The minimum atomic E-state index is -3.75. The van der Waals surface area contributed by atoms with Gasteiger partial charge in [-0.2, -0.15) is 0 Å². The van der Waals surface area contributed by atoms with Crippen LogP contribution in [0.15, 0.2) is 27.6 Å². The largest absolute Gasteiger partial charge is 0.488 e. The van der Waals surface area contributed by atoms with Gasteiger partial charge in [-0.3, -0.25) is 0 Å². The molecule has 0 saturated heterocycles. The fourth-order valence-corrected chi connectivity index (χ4v) is 2.74. The quantitative estimate of drug-likeness (QED) is 0.786. The smallest absolute Gasteiger partial charge is 0.261 e. The number of aryl methyl sites for hydroxylation is 2. The summed E-state index contributed by atoms with van der Waals surface area (Å²) >= 11 is 11.1. The third-order valence-corrected chi connectivity index (χ3v) is 4.28. The molecular weight excluding hydrogens is 319 g/mol. The molecule has 0 unspecified atom stereocenters. The van der Waals surface area contributed by atoms with Crippen LogP contribution in [-0.4, -0.2) is 15.0 Å². The highest BCUT2D eigenvalue weighted by Crippen LogP contribution is 2.28. The SMILES string of the molecule is Cc1cc(S(=O)(=O)Cl)c(C)cc1OC/C(Cl)=C/Cl. The molecule has 0 heterocycles. The van der Waals surface area contributed by atoms with Gasteiger partial charge in [-0.25, -0.2) is 8.42 Å². The molecule has 0 radical (unpaired) electrons. The molecule has 1 rings (SSSR count). The van der Waals surface area contributed by atoms with Gasteiger partial charge in [0.25, 0.3) is 9.05 Å². The van der Waals surface area contributed by atoms with Crippen molar-refractivity contribution in [1.29, 1.82) is 0 Å². The minimum absolute atomic E-state index is 0.0769. The molecule has 1 aromatic rings. The zero-order chi connectivity index (χ0) is 13.9. The first kappa shape index (κ1) is 15.6. The molecular formula is C11H11Cl3O3S. The molecule has 0 aromatic heterocycles. The molecule has 7 heteroatoms. The fraction of sp³-hybridized carbons (Fsp3) is 0.273. The molecule has 18 heavy (non-hydrogen) atoms. The van der Waals surface area contributed by atoms with Crippen molar-refractivity contribution in [3.8, 4) is 5.75 Å². The van der Waals surface area contributed by atoms with E-state index < -0.39 is 9.05 Å². The molecule has 0 N–H and O–H groups in total. The van der Waals surface area contributed by atoms with Crippen LogP contribution >= 0.6 is 33.9 Å². The Hall–Kier alpha value is -0.420. The molecule has 0 bridgehead atoms. The highest BCUT2D eigenvalue weighted by atomic mass is 35.7. The predicted molar refractivity (Wildman–Crippen MR) is 74.2 cm³/mol. The van der Waals surface area contributed by atoms with Gasteiger partial charge in [-0.15, -0.1) is 0 Å². The number of halogens is 3. The molecule has 0 amide bonds. The van der Waals surface area contributed by atoms with Gasteiger partial charge in [-0.05, 0) is 37.1 Å². The minimum Gasteiger partial charge on any atom is -0.488 e. The maximum absolute atomic E-state index is 11.3. The first-order valence-corrected chi connectivity index (χ1v) is 8.01. The van der Waals surface area contributed by atoms with E-state index in [0.29, 0.717) is 21.9 Å². The second kappa shape index (κ2) is 6.15. The van der Waals surface area contributed by atoms with E-state index in [1.54, 1.807) is 19.9 Å². The molecule has 0 spiro atoms. The van der Waals surface area contributed by atoms with Crippen LogP contribution in [0.1, 0.15) is 11.1 Å². The summed E-state index contributed by atoms with van der Waals surface area (Å²) in [6.07, 6.45) is 0. The Labute approximate surface area is 121 Å². The van der Waals surface area contributed by atoms with Gasteiger partial charge in [0.15, 0.2) is 0 Å². The highest BCUT2D eigenvalue weighted by molar-refractivity contribution is 8.13. The second-order valence-corrected chi connectivity index (χ2v) is 6.90. The predicted octanol–water partition coefficient (Wildman–Crippen LogP) is 3.93. The van der Waals surface area contributed by atoms with E-state index in [9.17, 15) is 8.42 Å². The van der Waals surface area contributed by atoms with Crippen molar-refractivity contribution < 1.29 is 13.2 Å². The standard InChI is InChI=1S/C11H11Cl3O3S/c1-7-4-11(18(14,15)16)8(2)3-10(7)17-6-9(13)5-12/h3-5H,6H2,1-2H3/b9-5-. The molecule has 0 aliphatic carbocycles. The van der Waals surface area contributed by atoms with Crippen molar-refractivity contribution in [3.63, 3.8) is 0 Å². The lowest BCUT2D eigenvalue weighted by Crippen LogP contribution is -2.02. The monoisotopic (exact) mass is 328 g/mol. The van der Waals surface area contributed by atoms with Crippen molar-refractivity contribution in [2.45, 2.75) is 18.7 Å². The molecule has 100 valence electrons. The lowest BCUT2D eigenvalue weighted by atomic mass is 10.1. The zero-order valence-electron chi connectivity index (χ0n) is 9.71. The molecule has 0 fully saturated rings. The van der Waals surface area contributed by atoms with Crippen molar-refractivity contribution in [3.05, 3.63) is 33.8 Å². The Kier molecular flexibility index (Phi) is 5.34. The van der Waals surface area contributed by atoms with Gasteiger partial charge in [-0.1, -0.05) is 23.2 Å². The first-order chi connectivity index (χ1) is 8.25. The van der Waals surface area contributed by atoms with Crippen LogP contribution in [-0.2, 0) is 9.05 Å². The van der Waals surface area contributed by atoms with E-state index in [4.69, 9.17) is 38.6 Å². The molecule has 1 aromatic carbocycles. The summed E-state index contributed by atoms with van der Waals surface area (Å²) in [5, 5.41) is 0.350. The number of benzene rings is 1. The first-order valence-electron chi connectivity index (χ1n) is 4.89. The average molecular weight is 330 g/mol. The second-order valence-electron chi connectivity index (χ2n) is 3.67. The molecule has 0 aliphatic rings. The number of rotatable bonds is 4. The van der Waals surface area contributed by atoms with Crippen LogP contribution in [0.25, 0.3) is 0 Å². The van der Waals surface area contributed by atoms with Gasteiger partial charge in [0.1, 0.15) is 12.4 Å². The van der Waals surface area contributed by atoms with Crippen LogP contribution in [0.3, 0.4) is 0 Å². The van der Waals surface area contributed by atoms with Crippen molar-refractivity contribution in [2.24, 2.45) is 0 Å². The Morgan fingerprint density at radius 3 is 2.44 bits per heavy atom. The average Bonchev–Trinajstić information content (AvgIpc) is 2.27. The molecule has 0 aliphatic heterocycles. The lowest BCUT2D eigenvalue weighted by Gasteiger charge is -2.11. The van der Waals surface area contributed by atoms with Crippen molar-refractivity contribution >= 4 is 42.9 Å². The van der Waals surface area contributed by atoms with Crippen molar-refractivity contribution in [1.82, 2.24) is 0 Å². The summed E-state index contributed by atoms with van der Waals surface area (Å²) in [6, 6.07) is 3.06. The van der Waals surface area contributed by atoms with Gasteiger partial charge < -0.3 is 4.74 Å². The normalized spacial score (nSPS) is 12.6. The Morgan fingerprint density at radius 2 is 1.94 bits per heavy atom. The summed E-state index contributed by atoms with van der Waals surface area (Å²) in [5.41, 5.74) is 2.37. The zero-order valence-corrected chi connectivity index (χ0v) is 12.8. The van der Waals surface area contributed by atoms with Crippen LogP contribution < -0.4 is 4.74 Å². The summed E-state index contributed by atoms with van der Waals surface area (Å²) in [5.74, 6) is 0.535. The fourth-order valence-electron chi connectivity index (χ4n) is 1.36. The van der Waals surface area contributed by atoms with Gasteiger partial charge in [0.05, 0.1) is 9.93 Å². The molecule has 0 atom stereocenters. The summed E-state index contributed by atoms with van der Waals surface area (Å²) in [6.45, 7) is 3.48. The van der Waals surface area contributed by atoms with Crippen molar-refractivity contribution in [2.75, 3.05) is 6.61 Å². The molecule has 0 saturated carbocycles. The third kappa shape index (κ3) is 4.05. The maximum atomic E-state index is 11.3. The van der Waals surface area contributed by atoms with E-state index in [1.807, 2.05) is 0 Å². The number of ether oxygens (including phenoxy) is 1. The van der Waals surface area contributed by atoms with E-state index in [0.717, 1.165) is 0 Å². The Morgan fingerprint density at radius 1 is 1.33 bits per heavy atom. The van der Waals surface area contributed by atoms with E-state index in [-0.39, 0.29) is 11.5 Å². The van der Waals surface area contributed by atoms with E-state index in [1.165, 1.54) is 11.6 Å². The lowest BCUT2D eigenvalue weighted by molar-refractivity contribution is 0.356. The van der Waals surface area contributed by atoms with Crippen LogP contribution in [0.4, 0.5) is 0 Å². The van der Waals surface area contributed by atoms with Gasteiger partial charge in [0.2, 0.25) is 0 Å². The van der Waals surface area contributed by atoms with E-state index >= 15 is 0 Å².